The molecule has 0 fully saturated rings. The summed E-state index contributed by atoms with van der Waals surface area (Å²) in [4.78, 5) is 10.6. The van der Waals surface area contributed by atoms with Crippen molar-refractivity contribution in [2.24, 2.45) is 0 Å². The summed E-state index contributed by atoms with van der Waals surface area (Å²) in [6.07, 6.45) is 5.48. The zero-order valence-electron chi connectivity index (χ0n) is 11.9. The molecule has 0 aliphatic carbocycles. The molecule has 0 spiro atoms. The Morgan fingerprint density at radius 3 is 2.53 bits per heavy atom. The molecule has 1 aromatic carbocycles. The summed E-state index contributed by atoms with van der Waals surface area (Å²) in [6.45, 7) is 3.99. The van der Waals surface area contributed by atoms with Gasteiger partial charge >= 0.3 is 0 Å². The molecule has 0 aromatic heterocycles. The summed E-state index contributed by atoms with van der Waals surface area (Å²) in [5.74, 6) is 0.0595. The second-order valence-electron chi connectivity index (χ2n) is 4.75. The number of nitrogens with one attached hydrogen (secondary N) is 1. The van der Waals surface area contributed by atoms with Crippen LogP contribution in [0, 0.1) is 0 Å². The van der Waals surface area contributed by atoms with Crippen molar-refractivity contribution in [1.29, 1.82) is 0 Å². The van der Waals surface area contributed by atoms with Crippen molar-refractivity contribution in [3.8, 4) is 0 Å². The highest BCUT2D eigenvalue weighted by molar-refractivity contribution is 5.72. The normalized spacial score (nSPS) is 10.4. The molecule has 1 N–H and O–H groups in total. The zero-order chi connectivity index (χ0) is 13.8. The van der Waals surface area contributed by atoms with Crippen molar-refractivity contribution in [2.45, 2.75) is 39.0 Å². The number of ether oxygens (including phenoxy) is 1. The summed E-state index contributed by atoms with van der Waals surface area (Å²) in [5, 5.41) is 2.80. The van der Waals surface area contributed by atoms with Gasteiger partial charge in [-0.25, -0.2) is 0 Å². The largest absolute Gasteiger partial charge is 0.381 e. The van der Waals surface area contributed by atoms with Crippen molar-refractivity contribution in [3.63, 3.8) is 0 Å². The molecule has 0 heterocycles. The van der Waals surface area contributed by atoms with E-state index in [0.29, 0.717) is 0 Å². The lowest BCUT2D eigenvalue weighted by molar-refractivity contribution is -0.118. The van der Waals surface area contributed by atoms with Crippen molar-refractivity contribution >= 4 is 5.91 Å². The predicted molar refractivity (Wildman–Crippen MR) is 78.1 cm³/mol. The summed E-state index contributed by atoms with van der Waals surface area (Å²) < 4.78 is 5.61. The Kier molecular flexibility index (Phi) is 8.73. The van der Waals surface area contributed by atoms with Gasteiger partial charge < -0.3 is 10.1 Å². The van der Waals surface area contributed by atoms with Crippen molar-refractivity contribution in [1.82, 2.24) is 5.32 Å². The fourth-order valence-corrected chi connectivity index (χ4v) is 1.88. The second kappa shape index (κ2) is 10.6. The van der Waals surface area contributed by atoms with Crippen molar-refractivity contribution in [3.05, 3.63) is 35.9 Å². The van der Waals surface area contributed by atoms with Gasteiger partial charge in [0.1, 0.15) is 0 Å². The van der Waals surface area contributed by atoms with E-state index in [1.54, 1.807) is 6.92 Å². The Hall–Kier alpha value is -1.35. The Balaban J connectivity index is 1.83. The number of rotatable bonds is 10. The van der Waals surface area contributed by atoms with Gasteiger partial charge in [-0.1, -0.05) is 43.2 Å². The quantitative estimate of drug-likeness (QED) is 0.659. The average molecular weight is 263 g/mol. The zero-order valence-corrected chi connectivity index (χ0v) is 11.9. The van der Waals surface area contributed by atoms with Gasteiger partial charge in [-0.3, -0.25) is 4.79 Å². The smallest absolute Gasteiger partial charge is 0.216 e. The highest BCUT2D eigenvalue weighted by Crippen LogP contribution is 2.02. The van der Waals surface area contributed by atoms with E-state index >= 15 is 0 Å². The van der Waals surface area contributed by atoms with Gasteiger partial charge in [-0.05, 0) is 24.8 Å². The maximum atomic E-state index is 10.6. The van der Waals surface area contributed by atoms with Crippen LogP contribution in [0.3, 0.4) is 0 Å². The van der Waals surface area contributed by atoms with Gasteiger partial charge in [0.2, 0.25) is 5.91 Å². The third-order valence-electron chi connectivity index (χ3n) is 2.97. The van der Waals surface area contributed by atoms with E-state index in [1.807, 2.05) is 6.07 Å². The van der Waals surface area contributed by atoms with Crippen LogP contribution in [0.5, 0.6) is 0 Å². The van der Waals surface area contributed by atoms with E-state index in [0.717, 1.165) is 45.4 Å². The SMILES string of the molecule is CC(=O)NCCCCCCOCCc1ccccc1. The maximum Gasteiger partial charge on any atom is 0.216 e. The highest BCUT2D eigenvalue weighted by atomic mass is 16.5. The summed E-state index contributed by atoms with van der Waals surface area (Å²) >= 11 is 0. The molecule has 3 heteroatoms. The predicted octanol–water partition coefficient (Wildman–Crippen LogP) is 2.94. The van der Waals surface area contributed by atoms with Crippen molar-refractivity contribution in [2.75, 3.05) is 19.8 Å². The van der Waals surface area contributed by atoms with E-state index in [4.69, 9.17) is 4.74 Å². The molecule has 0 atom stereocenters. The number of benzene rings is 1. The van der Waals surface area contributed by atoms with Crippen LogP contribution >= 0.6 is 0 Å². The summed E-state index contributed by atoms with van der Waals surface area (Å²) in [5.41, 5.74) is 1.33. The molecule has 3 nitrogen and oxygen atoms in total. The third kappa shape index (κ3) is 9.25. The van der Waals surface area contributed by atoms with Gasteiger partial charge in [0.25, 0.3) is 0 Å². The van der Waals surface area contributed by atoms with Crippen LogP contribution in [-0.2, 0) is 16.0 Å². The first-order valence-corrected chi connectivity index (χ1v) is 7.15. The van der Waals surface area contributed by atoms with Crippen LogP contribution in [0.25, 0.3) is 0 Å². The third-order valence-corrected chi connectivity index (χ3v) is 2.97. The van der Waals surface area contributed by atoms with Crippen LogP contribution < -0.4 is 5.32 Å². The van der Waals surface area contributed by atoms with Gasteiger partial charge in [-0.2, -0.15) is 0 Å². The van der Waals surface area contributed by atoms with E-state index in [2.05, 4.69) is 29.6 Å². The molecule has 1 rings (SSSR count). The van der Waals surface area contributed by atoms with Crippen LogP contribution in [-0.4, -0.2) is 25.7 Å². The number of hydrogen-bond donors (Lipinski definition) is 1. The minimum atomic E-state index is 0.0595. The molecule has 19 heavy (non-hydrogen) atoms. The molecule has 0 bridgehead atoms. The first kappa shape index (κ1) is 15.7. The van der Waals surface area contributed by atoms with Gasteiger partial charge in [0.05, 0.1) is 6.61 Å². The maximum absolute atomic E-state index is 10.6. The number of hydrogen-bond acceptors (Lipinski definition) is 2. The molecule has 0 saturated carbocycles. The first-order valence-electron chi connectivity index (χ1n) is 7.15. The van der Waals surface area contributed by atoms with Gasteiger partial charge in [-0.15, -0.1) is 0 Å². The van der Waals surface area contributed by atoms with Crippen LogP contribution in [0.2, 0.25) is 0 Å². The Morgan fingerprint density at radius 2 is 1.79 bits per heavy atom. The van der Waals surface area contributed by atoms with Crippen molar-refractivity contribution < 1.29 is 9.53 Å². The summed E-state index contributed by atoms with van der Waals surface area (Å²) in [7, 11) is 0. The Bertz CT molecular complexity index is 338. The molecule has 1 aromatic rings. The molecule has 0 aliphatic rings. The first-order chi connectivity index (χ1) is 9.29. The number of carbonyl (C=O) groups is 1. The molecule has 0 unspecified atom stereocenters. The molecular formula is C16H25NO2. The lowest BCUT2D eigenvalue weighted by Crippen LogP contribution is -2.20. The Labute approximate surface area is 116 Å². The molecule has 0 saturated heterocycles. The number of unbranched alkanes of at least 4 members (excludes halogenated alkanes) is 3. The van der Waals surface area contributed by atoms with Crippen LogP contribution in [0.4, 0.5) is 0 Å². The van der Waals surface area contributed by atoms with Crippen LogP contribution in [0.15, 0.2) is 30.3 Å². The number of carbonyl (C=O) groups excluding carboxylic acids is 1. The fraction of sp³-hybridized carbons (Fsp3) is 0.562. The Morgan fingerprint density at radius 1 is 1.05 bits per heavy atom. The minimum Gasteiger partial charge on any atom is -0.381 e. The average Bonchev–Trinajstić information content (AvgIpc) is 2.42. The topological polar surface area (TPSA) is 38.3 Å². The lowest BCUT2D eigenvalue weighted by Gasteiger charge is -2.05. The minimum absolute atomic E-state index is 0.0595. The summed E-state index contributed by atoms with van der Waals surface area (Å²) in [6, 6.07) is 10.4. The molecule has 106 valence electrons. The van der Waals surface area contributed by atoms with E-state index in [9.17, 15) is 4.79 Å². The van der Waals surface area contributed by atoms with E-state index in [1.165, 1.54) is 12.0 Å². The number of amides is 1. The molecular weight excluding hydrogens is 238 g/mol. The van der Waals surface area contributed by atoms with E-state index < -0.39 is 0 Å². The van der Waals surface area contributed by atoms with Crippen LogP contribution in [0.1, 0.15) is 38.2 Å². The second-order valence-corrected chi connectivity index (χ2v) is 4.75. The fourth-order valence-electron chi connectivity index (χ4n) is 1.88. The van der Waals surface area contributed by atoms with Gasteiger partial charge in [0.15, 0.2) is 0 Å². The molecule has 0 radical (unpaired) electrons. The highest BCUT2D eigenvalue weighted by Gasteiger charge is 1.94. The van der Waals surface area contributed by atoms with E-state index in [-0.39, 0.29) is 5.91 Å². The molecule has 0 aliphatic heterocycles. The lowest BCUT2D eigenvalue weighted by atomic mass is 10.2. The standard InChI is InChI=1S/C16H25NO2/c1-15(18)17-12-7-2-3-8-13-19-14-11-16-9-5-4-6-10-16/h4-6,9-10H,2-3,7-8,11-14H2,1H3,(H,17,18). The van der Waals surface area contributed by atoms with Gasteiger partial charge in [0, 0.05) is 20.1 Å². The molecule has 1 amide bonds. The monoisotopic (exact) mass is 263 g/mol.